The van der Waals surface area contributed by atoms with Gasteiger partial charge in [-0.05, 0) is 29.7 Å². The summed E-state index contributed by atoms with van der Waals surface area (Å²) in [6.45, 7) is 0. The van der Waals surface area contributed by atoms with Crippen LogP contribution in [0.5, 0.6) is 0 Å². The summed E-state index contributed by atoms with van der Waals surface area (Å²) in [5.74, 6) is 0. The normalized spacial score (nSPS) is 12.9. The number of hydrogen-bond acceptors (Lipinski definition) is 2. The number of rotatable bonds is 3. The first-order valence-corrected chi connectivity index (χ1v) is 5.06. The lowest BCUT2D eigenvalue weighted by molar-refractivity contribution is -0.112. The Labute approximate surface area is 92.2 Å². The third kappa shape index (κ3) is 2.03. The molecule has 3 N–H and O–H groups in total. The minimum absolute atomic E-state index is 0.465. The molecule has 3 nitrogen and oxygen atoms in total. The SMILES string of the molecule is N[C@H](Cc1c[nH]c2ccccc12)C(=O)Cl. The third-order valence-electron chi connectivity index (χ3n) is 2.41. The molecule has 1 aromatic carbocycles. The molecule has 0 amide bonds. The monoisotopic (exact) mass is 222 g/mol. The van der Waals surface area contributed by atoms with Gasteiger partial charge in [-0.25, -0.2) is 0 Å². The van der Waals surface area contributed by atoms with E-state index in [1.807, 2.05) is 30.5 Å². The number of aromatic amines is 1. The second-order valence-corrected chi connectivity index (χ2v) is 3.85. The highest BCUT2D eigenvalue weighted by Crippen LogP contribution is 2.18. The average molecular weight is 223 g/mol. The average Bonchev–Trinajstić information content (AvgIpc) is 2.62. The van der Waals surface area contributed by atoms with Crippen LogP contribution in [-0.2, 0) is 11.2 Å². The van der Waals surface area contributed by atoms with Gasteiger partial charge in [0.2, 0.25) is 5.24 Å². The third-order valence-corrected chi connectivity index (χ3v) is 2.69. The Hall–Kier alpha value is -1.32. The van der Waals surface area contributed by atoms with E-state index in [9.17, 15) is 4.79 Å². The van der Waals surface area contributed by atoms with E-state index < -0.39 is 11.3 Å². The molecule has 0 aliphatic carbocycles. The molecule has 4 heteroatoms. The van der Waals surface area contributed by atoms with E-state index in [1.54, 1.807) is 0 Å². The van der Waals surface area contributed by atoms with Gasteiger partial charge in [0.05, 0.1) is 6.04 Å². The number of benzene rings is 1. The van der Waals surface area contributed by atoms with Crippen molar-refractivity contribution < 1.29 is 4.79 Å². The topological polar surface area (TPSA) is 58.9 Å². The Bertz CT molecular complexity index is 492. The predicted molar refractivity (Wildman–Crippen MR) is 60.8 cm³/mol. The fraction of sp³-hybridized carbons (Fsp3) is 0.182. The first-order chi connectivity index (χ1) is 7.18. The number of fused-ring (bicyclic) bond motifs is 1. The van der Waals surface area contributed by atoms with Crippen LogP contribution in [0.1, 0.15) is 5.56 Å². The second kappa shape index (κ2) is 4.04. The van der Waals surface area contributed by atoms with E-state index in [0.29, 0.717) is 6.42 Å². The van der Waals surface area contributed by atoms with E-state index in [0.717, 1.165) is 16.5 Å². The lowest BCUT2D eigenvalue weighted by Gasteiger charge is -2.04. The van der Waals surface area contributed by atoms with Crippen molar-refractivity contribution in [1.29, 1.82) is 0 Å². The van der Waals surface area contributed by atoms with E-state index in [-0.39, 0.29) is 0 Å². The molecule has 1 heterocycles. The number of aromatic nitrogens is 1. The van der Waals surface area contributed by atoms with Crippen molar-refractivity contribution in [3.8, 4) is 0 Å². The summed E-state index contributed by atoms with van der Waals surface area (Å²) in [4.78, 5) is 14.0. The molecule has 2 aromatic rings. The summed E-state index contributed by atoms with van der Waals surface area (Å²) in [6, 6.07) is 7.24. The number of carbonyl (C=O) groups excluding carboxylic acids is 1. The first kappa shape index (κ1) is 10.2. The van der Waals surface area contributed by atoms with E-state index in [2.05, 4.69) is 4.98 Å². The molecular formula is C11H11ClN2O. The molecule has 0 saturated heterocycles. The Kier molecular flexibility index (Phi) is 2.75. The van der Waals surface area contributed by atoms with Gasteiger partial charge in [-0.15, -0.1) is 0 Å². The maximum absolute atomic E-state index is 10.8. The summed E-state index contributed by atoms with van der Waals surface area (Å²) in [5, 5.41) is 0.589. The molecule has 1 aromatic heterocycles. The van der Waals surface area contributed by atoms with Crippen LogP contribution in [0.15, 0.2) is 30.5 Å². The number of para-hydroxylation sites is 1. The zero-order valence-electron chi connectivity index (χ0n) is 8.03. The second-order valence-electron chi connectivity index (χ2n) is 3.47. The van der Waals surface area contributed by atoms with Crippen LogP contribution in [0.3, 0.4) is 0 Å². The zero-order chi connectivity index (χ0) is 10.8. The van der Waals surface area contributed by atoms with Crippen molar-refractivity contribution in [3.05, 3.63) is 36.0 Å². The summed E-state index contributed by atoms with van der Waals surface area (Å²) < 4.78 is 0. The molecule has 0 spiro atoms. The van der Waals surface area contributed by atoms with Gasteiger partial charge in [0.25, 0.3) is 0 Å². The molecule has 0 aliphatic heterocycles. The predicted octanol–water partition coefficient (Wildman–Crippen LogP) is 1.80. The molecule has 78 valence electrons. The largest absolute Gasteiger partial charge is 0.361 e. The molecule has 1 atom stereocenters. The van der Waals surface area contributed by atoms with E-state index >= 15 is 0 Å². The summed E-state index contributed by atoms with van der Waals surface area (Å²) in [7, 11) is 0. The van der Waals surface area contributed by atoms with Crippen LogP contribution in [-0.4, -0.2) is 16.3 Å². The quantitative estimate of drug-likeness (QED) is 0.779. The number of halogens is 1. The smallest absolute Gasteiger partial charge is 0.238 e. The summed E-state index contributed by atoms with van der Waals surface area (Å²) in [5.41, 5.74) is 7.67. The minimum Gasteiger partial charge on any atom is -0.361 e. The van der Waals surface area contributed by atoms with Gasteiger partial charge >= 0.3 is 0 Å². The Morgan fingerprint density at radius 1 is 1.47 bits per heavy atom. The standard InChI is InChI=1S/C11H11ClN2O/c12-11(15)9(13)5-7-6-14-10-4-2-1-3-8(7)10/h1-4,6,9,14H,5,13H2/t9-/m1/s1. The Balaban J connectivity index is 2.32. The van der Waals surface area contributed by atoms with Crippen molar-refractivity contribution in [2.24, 2.45) is 5.73 Å². The molecule has 0 aliphatic rings. The van der Waals surface area contributed by atoms with Gasteiger partial charge in [0.1, 0.15) is 0 Å². The van der Waals surface area contributed by atoms with Gasteiger partial charge in [0, 0.05) is 17.1 Å². The van der Waals surface area contributed by atoms with Crippen LogP contribution in [0, 0.1) is 0 Å². The van der Waals surface area contributed by atoms with Crippen molar-refractivity contribution in [3.63, 3.8) is 0 Å². The number of H-pyrrole nitrogens is 1. The highest BCUT2D eigenvalue weighted by Gasteiger charge is 2.13. The maximum atomic E-state index is 10.8. The number of nitrogens with one attached hydrogen (secondary N) is 1. The molecule has 0 saturated carbocycles. The summed E-state index contributed by atoms with van der Waals surface area (Å²) in [6.07, 6.45) is 2.33. The van der Waals surface area contributed by atoms with Gasteiger partial charge < -0.3 is 10.7 Å². The van der Waals surface area contributed by atoms with Gasteiger partial charge in [-0.3, -0.25) is 4.79 Å². The van der Waals surface area contributed by atoms with Gasteiger partial charge in [0.15, 0.2) is 0 Å². The van der Waals surface area contributed by atoms with E-state index in [1.165, 1.54) is 0 Å². The summed E-state index contributed by atoms with van der Waals surface area (Å²) >= 11 is 5.32. The number of hydrogen-bond donors (Lipinski definition) is 2. The minimum atomic E-state index is -0.633. The van der Waals surface area contributed by atoms with Crippen LogP contribution in [0.2, 0.25) is 0 Å². The van der Waals surface area contributed by atoms with Crippen LogP contribution < -0.4 is 5.73 Å². The van der Waals surface area contributed by atoms with Gasteiger partial charge in [-0.1, -0.05) is 18.2 Å². The fourth-order valence-corrected chi connectivity index (χ4v) is 1.69. The van der Waals surface area contributed by atoms with Gasteiger partial charge in [-0.2, -0.15) is 0 Å². The van der Waals surface area contributed by atoms with Crippen molar-refractivity contribution >= 4 is 27.7 Å². The molecule has 0 fully saturated rings. The Morgan fingerprint density at radius 3 is 2.93 bits per heavy atom. The molecule has 15 heavy (non-hydrogen) atoms. The highest BCUT2D eigenvalue weighted by atomic mass is 35.5. The van der Waals surface area contributed by atoms with Crippen molar-refractivity contribution in [1.82, 2.24) is 4.98 Å². The highest BCUT2D eigenvalue weighted by molar-refractivity contribution is 6.64. The first-order valence-electron chi connectivity index (χ1n) is 4.68. The zero-order valence-corrected chi connectivity index (χ0v) is 8.79. The molecule has 0 unspecified atom stereocenters. The van der Waals surface area contributed by atoms with Crippen molar-refractivity contribution in [2.45, 2.75) is 12.5 Å². The molecule has 0 radical (unpaired) electrons. The lowest BCUT2D eigenvalue weighted by Crippen LogP contribution is -2.29. The number of nitrogens with two attached hydrogens (primary N) is 1. The van der Waals surface area contributed by atoms with Crippen molar-refractivity contribution in [2.75, 3.05) is 0 Å². The molecular weight excluding hydrogens is 212 g/mol. The van der Waals surface area contributed by atoms with Crippen LogP contribution >= 0.6 is 11.6 Å². The lowest BCUT2D eigenvalue weighted by atomic mass is 10.1. The van der Waals surface area contributed by atoms with Crippen LogP contribution in [0.25, 0.3) is 10.9 Å². The van der Waals surface area contributed by atoms with E-state index in [4.69, 9.17) is 17.3 Å². The fourth-order valence-electron chi connectivity index (χ4n) is 1.62. The van der Waals surface area contributed by atoms with Crippen LogP contribution in [0.4, 0.5) is 0 Å². The molecule has 0 bridgehead atoms. The Morgan fingerprint density at radius 2 is 2.20 bits per heavy atom. The molecule has 2 rings (SSSR count). The maximum Gasteiger partial charge on any atom is 0.238 e. The number of carbonyl (C=O) groups is 1.